The molecule has 1 saturated carbocycles. The number of nitrogens with zero attached hydrogens (tertiary/aromatic N) is 7. The van der Waals surface area contributed by atoms with E-state index in [1.165, 1.54) is 37.0 Å². The van der Waals surface area contributed by atoms with Crippen molar-refractivity contribution in [3.05, 3.63) is 90.0 Å². The second-order valence-corrected chi connectivity index (χ2v) is 9.99. The highest BCUT2D eigenvalue weighted by atomic mass is 35.5. The fraction of sp³-hybridized carbons (Fsp3) is 0.214. The van der Waals surface area contributed by atoms with E-state index in [0.29, 0.717) is 22.9 Å². The Kier molecular flexibility index (Phi) is 6.95. The van der Waals surface area contributed by atoms with Crippen LogP contribution in [0.15, 0.2) is 73.4 Å². The van der Waals surface area contributed by atoms with Crippen molar-refractivity contribution >= 4 is 23.4 Å². The van der Waals surface area contributed by atoms with Gasteiger partial charge < -0.3 is 4.74 Å². The monoisotopic (exact) mass is 558 g/mol. The molecule has 0 radical (unpaired) electrons. The molecule has 1 aliphatic rings. The highest BCUT2D eigenvalue weighted by Gasteiger charge is 2.29. The molecule has 2 aromatic carbocycles. The van der Waals surface area contributed by atoms with E-state index < -0.39 is 11.9 Å². The summed E-state index contributed by atoms with van der Waals surface area (Å²) in [6.07, 6.45) is 9.60. The normalized spacial score (nSPS) is 13.7. The first kappa shape index (κ1) is 25.6. The lowest BCUT2D eigenvalue weighted by Gasteiger charge is -2.18. The van der Waals surface area contributed by atoms with E-state index in [1.807, 2.05) is 53.5 Å². The van der Waals surface area contributed by atoms with E-state index in [9.17, 15) is 4.79 Å². The number of halogens is 2. The average Bonchev–Trinajstić information content (AvgIpc) is 3.41. The number of nitrogens with one attached hydrogen (secondary N) is 1. The van der Waals surface area contributed by atoms with E-state index in [1.54, 1.807) is 12.3 Å². The Morgan fingerprint density at radius 2 is 1.90 bits per heavy atom. The minimum Gasteiger partial charge on any atom is -0.453 e. The van der Waals surface area contributed by atoms with Crippen LogP contribution in [0, 0.1) is 11.7 Å². The van der Waals surface area contributed by atoms with E-state index in [0.717, 1.165) is 23.2 Å². The zero-order valence-corrected chi connectivity index (χ0v) is 22.2. The second kappa shape index (κ2) is 10.9. The molecule has 1 N–H and O–H groups in total. The molecule has 1 aliphatic carbocycles. The van der Waals surface area contributed by atoms with Crippen molar-refractivity contribution in [3.8, 4) is 27.9 Å². The summed E-state index contributed by atoms with van der Waals surface area (Å²) in [6, 6.07) is 14.2. The highest BCUT2D eigenvalue weighted by molar-refractivity contribution is 6.31. The summed E-state index contributed by atoms with van der Waals surface area (Å²) in [6.45, 7) is 0. The molecule has 0 spiro atoms. The zero-order valence-electron chi connectivity index (χ0n) is 21.4. The van der Waals surface area contributed by atoms with Gasteiger partial charge in [0.05, 0.1) is 35.8 Å². The van der Waals surface area contributed by atoms with Gasteiger partial charge in [0.25, 0.3) is 0 Å². The molecule has 12 heteroatoms. The van der Waals surface area contributed by atoms with Crippen LogP contribution in [0.2, 0.25) is 5.02 Å². The van der Waals surface area contributed by atoms with Crippen molar-refractivity contribution in [2.24, 2.45) is 5.92 Å². The molecule has 6 rings (SSSR count). The van der Waals surface area contributed by atoms with Gasteiger partial charge in [0.2, 0.25) is 0 Å². The number of methoxy groups -OCH3 is 1. The Bertz CT molecular complexity index is 1630. The number of rotatable bonds is 8. The third-order valence-corrected chi connectivity index (χ3v) is 7.20. The van der Waals surface area contributed by atoms with Gasteiger partial charge in [0, 0.05) is 34.8 Å². The van der Waals surface area contributed by atoms with Gasteiger partial charge in [-0.3, -0.25) is 15.0 Å². The third kappa shape index (κ3) is 5.28. The average molecular weight is 559 g/mol. The minimum atomic E-state index is -0.566. The first-order valence-corrected chi connectivity index (χ1v) is 13.0. The summed E-state index contributed by atoms with van der Waals surface area (Å²) in [5, 5.41) is 18.6. The maximum atomic E-state index is 15.2. The molecule has 1 fully saturated rings. The molecule has 1 amide bonds. The van der Waals surface area contributed by atoms with Gasteiger partial charge in [-0.2, -0.15) is 9.78 Å². The number of pyridine rings is 1. The number of amides is 1. The molecular weight excluding hydrogens is 535 g/mol. The number of hydrogen-bond acceptors (Lipinski definition) is 7. The van der Waals surface area contributed by atoms with Crippen molar-refractivity contribution in [1.29, 1.82) is 0 Å². The van der Waals surface area contributed by atoms with Gasteiger partial charge in [-0.15, -0.1) is 5.10 Å². The third-order valence-electron chi connectivity index (χ3n) is 6.91. The molecule has 0 saturated heterocycles. The number of carbonyl (C=O) groups excluding carboxylic acids is 1. The SMILES string of the molecule is COC(=O)Nc1ccc(-c2cnn(C(CC3CC3)c3ccc(-c4c(-n5cnnn5)ccc(Cl)c4F)cn3)c2)cc1. The molecule has 3 heterocycles. The maximum absolute atomic E-state index is 15.2. The summed E-state index contributed by atoms with van der Waals surface area (Å²) in [5.74, 6) is 0.0443. The smallest absolute Gasteiger partial charge is 0.411 e. The molecule has 0 bridgehead atoms. The number of anilines is 1. The summed E-state index contributed by atoms with van der Waals surface area (Å²) < 4.78 is 23.2. The Balaban J connectivity index is 1.29. The van der Waals surface area contributed by atoms with E-state index in [-0.39, 0.29) is 16.6 Å². The van der Waals surface area contributed by atoms with E-state index >= 15 is 4.39 Å². The topological polar surface area (TPSA) is 113 Å². The van der Waals surface area contributed by atoms with Crippen LogP contribution in [-0.4, -0.2) is 48.2 Å². The van der Waals surface area contributed by atoms with Gasteiger partial charge in [-0.25, -0.2) is 9.18 Å². The second-order valence-electron chi connectivity index (χ2n) is 9.58. The minimum absolute atomic E-state index is 0.000640. The molecule has 202 valence electrons. The first-order chi connectivity index (χ1) is 19.5. The Morgan fingerprint density at radius 1 is 1.10 bits per heavy atom. The fourth-order valence-electron chi connectivity index (χ4n) is 4.63. The van der Waals surface area contributed by atoms with Crippen molar-refractivity contribution in [3.63, 3.8) is 0 Å². The number of ether oxygens (including phenoxy) is 1. The highest BCUT2D eigenvalue weighted by Crippen LogP contribution is 2.40. The Hall–Kier alpha value is -4.64. The van der Waals surface area contributed by atoms with Crippen LogP contribution in [0.1, 0.15) is 31.0 Å². The largest absolute Gasteiger partial charge is 0.453 e. The molecule has 40 heavy (non-hydrogen) atoms. The summed E-state index contributed by atoms with van der Waals surface area (Å²) in [4.78, 5) is 16.2. The quantitative estimate of drug-likeness (QED) is 0.250. The van der Waals surface area contributed by atoms with Gasteiger partial charge in [0.15, 0.2) is 5.82 Å². The molecule has 3 aromatic heterocycles. The van der Waals surface area contributed by atoms with Crippen LogP contribution >= 0.6 is 11.6 Å². The molecule has 1 unspecified atom stereocenters. The maximum Gasteiger partial charge on any atom is 0.411 e. The van der Waals surface area contributed by atoms with E-state index in [4.69, 9.17) is 16.6 Å². The van der Waals surface area contributed by atoms with Gasteiger partial charge in [0.1, 0.15) is 6.33 Å². The molecular formula is C28H24ClFN8O2. The predicted molar refractivity (Wildman–Crippen MR) is 147 cm³/mol. The predicted octanol–water partition coefficient (Wildman–Crippen LogP) is 5.95. The van der Waals surface area contributed by atoms with Crippen LogP contribution < -0.4 is 5.32 Å². The summed E-state index contributed by atoms with van der Waals surface area (Å²) in [7, 11) is 1.32. The Morgan fingerprint density at radius 3 is 2.58 bits per heavy atom. The number of aromatic nitrogens is 7. The summed E-state index contributed by atoms with van der Waals surface area (Å²) >= 11 is 6.12. The number of benzene rings is 2. The first-order valence-electron chi connectivity index (χ1n) is 12.7. The lowest BCUT2D eigenvalue weighted by Crippen LogP contribution is -2.13. The standard InChI is InChI=1S/C28H24ClFN8O2/c1-40-28(39)34-21-7-4-18(5-8-21)20-14-33-37(15-20)25(12-17-2-3-17)23-10-6-19(13-31-23)26-24(38-16-32-35-36-38)11-9-22(29)27(26)30/h4-11,13-17,25H,2-3,12H2,1H3,(H,34,39). The zero-order chi connectivity index (χ0) is 27.6. The lowest BCUT2D eigenvalue weighted by atomic mass is 10.0. The lowest BCUT2D eigenvalue weighted by molar-refractivity contribution is 0.187. The fourth-order valence-corrected chi connectivity index (χ4v) is 4.79. The van der Waals surface area contributed by atoms with Gasteiger partial charge in [-0.05, 0) is 58.7 Å². The van der Waals surface area contributed by atoms with Crippen molar-refractivity contribution in [2.45, 2.75) is 25.3 Å². The van der Waals surface area contributed by atoms with Crippen molar-refractivity contribution in [1.82, 2.24) is 35.0 Å². The number of tetrazole rings is 1. The number of hydrogen-bond donors (Lipinski definition) is 1. The molecule has 1 atom stereocenters. The van der Waals surface area contributed by atoms with Crippen LogP contribution in [0.5, 0.6) is 0 Å². The molecule has 0 aliphatic heterocycles. The van der Waals surface area contributed by atoms with Crippen molar-refractivity contribution < 1.29 is 13.9 Å². The number of carbonyl (C=O) groups is 1. The van der Waals surface area contributed by atoms with Crippen LogP contribution in [-0.2, 0) is 4.74 Å². The van der Waals surface area contributed by atoms with Gasteiger partial charge in [-0.1, -0.05) is 42.6 Å². The Labute approximate surface area is 233 Å². The van der Waals surface area contributed by atoms with Crippen LogP contribution in [0.4, 0.5) is 14.9 Å². The van der Waals surface area contributed by atoms with Crippen LogP contribution in [0.25, 0.3) is 27.9 Å². The van der Waals surface area contributed by atoms with Gasteiger partial charge >= 0.3 is 6.09 Å². The summed E-state index contributed by atoms with van der Waals surface area (Å²) in [5.41, 5.74) is 4.65. The van der Waals surface area contributed by atoms with Crippen molar-refractivity contribution in [2.75, 3.05) is 12.4 Å². The molecule has 10 nitrogen and oxygen atoms in total. The molecule has 5 aromatic rings. The van der Waals surface area contributed by atoms with E-state index in [2.05, 4.69) is 30.7 Å². The van der Waals surface area contributed by atoms with Crippen LogP contribution in [0.3, 0.4) is 0 Å².